The molecule has 0 aromatic carbocycles. The van der Waals surface area contributed by atoms with Crippen molar-refractivity contribution < 1.29 is 4.74 Å². The highest BCUT2D eigenvalue weighted by molar-refractivity contribution is 5.03. The van der Waals surface area contributed by atoms with E-state index in [9.17, 15) is 0 Å². The molecule has 1 N–H and O–H groups in total. The third kappa shape index (κ3) is 3.80. The first-order valence-corrected chi connectivity index (χ1v) is 6.87. The number of nitrogens with zero attached hydrogens (tertiary/aromatic N) is 3. The molecule has 2 heterocycles. The van der Waals surface area contributed by atoms with Gasteiger partial charge in [0.1, 0.15) is 0 Å². The van der Waals surface area contributed by atoms with E-state index < -0.39 is 0 Å². The molecule has 1 aliphatic heterocycles. The predicted molar refractivity (Wildman–Crippen MR) is 71.5 cm³/mol. The molecule has 0 spiro atoms. The van der Waals surface area contributed by atoms with Crippen LogP contribution < -0.4 is 5.32 Å². The van der Waals surface area contributed by atoms with Crippen molar-refractivity contribution in [3.63, 3.8) is 0 Å². The van der Waals surface area contributed by atoms with E-state index >= 15 is 0 Å². The Bertz CT molecular complexity index is 353. The number of likely N-dealkylation sites (N-methyl/N-ethyl adjacent to an activating group) is 1. The standard InChI is InChI=1S/C13H24N4O/c1-3-16-5-6-18-13(11-16)9-14-7-12-8-15-17(4-2)10-12/h8,10,13-14H,3-7,9,11H2,1-2H3. The van der Waals surface area contributed by atoms with Crippen LogP contribution in [0.25, 0.3) is 0 Å². The van der Waals surface area contributed by atoms with Gasteiger partial charge in [-0.15, -0.1) is 0 Å². The Morgan fingerprint density at radius 3 is 3.06 bits per heavy atom. The third-order valence-electron chi connectivity index (χ3n) is 3.38. The number of nitrogens with one attached hydrogen (secondary N) is 1. The van der Waals surface area contributed by atoms with E-state index in [4.69, 9.17) is 4.74 Å². The van der Waals surface area contributed by atoms with Crippen molar-refractivity contribution >= 4 is 0 Å². The molecule has 1 unspecified atom stereocenters. The molecule has 2 rings (SSSR count). The Balaban J connectivity index is 1.68. The van der Waals surface area contributed by atoms with Crippen LogP contribution in [-0.4, -0.2) is 53.6 Å². The number of morpholine rings is 1. The molecule has 1 aromatic rings. The van der Waals surface area contributed by atoms with Crippen LogP contribution in [0.3, 0.4) is 0 Å². The summed E-state index contributed by atoms with van der Waals surface area (Å²) in [5.41, 5.74) is 1.24. The minimum absolute atomic E-state index is 0.319. The van der Waals surface area contributed by atoms with Crippen LogP contribution in [0.15, 0.2) is 12.4 Å². The van der Waals surface area contributed by atoms with Gasteiger partial charge in [0.15, 0.2) is 0 Å². The zero-order valence-corrected chi connectivity index (χ0v) is 11.4. The summed E-state index contributed by atoms with van der Waals surface area (Å²) in [4.78, 5) is 2.44. The molecular weight excluding hydrogens is 228 g/mol. The molecule has 5 nitrogen and oxygen atoms in total. The van der Waals surface area contributed by atoms with Crippen LogP contribution in [0.5, 0.6) is 0 Å². The molecule has 1 atom stereocenters. The number of hydrogen-bond acceptors (Lipinski definition) is 4. The van der Waals surface area contributed by atoms with E-state index in [1.807, 2.05) is 10.9 Å². The molecule has 1 fully saturated rings. The molecule has 0 saturated carbocycles. The summed E-state index contributed by atoms with van der Waals surface area (Å²) in [7, 11) is 0. The fourth-order valence-corrected chi connectivity index (χ4v) is 2.24. The quantitative estimate of drug-likeness (QED) is 0.810. The average Bonchev–Trinajstić information content (AvgIpc) is 2.87. The summed E-state index contributed by atoms with van der Waals surface area (Å²) in [6.45, 7) is 11.1. The lowest BCUT2D eigenvalue weighted by atomic mass is 10.2. The van der Waals surface area contributed by atoms with Gasteiger partial charge in [-0.3, -0.25) is 9.58 Å². The van der Waals surface area contributed by atoms with Crippen LogP contribution in [0, 0.1) is 0 Å². The lowest BCUT2D eigenvalue weighted by molar-refractivity contribution is -0.0253. The van der Waals surface area contributed by atoms with Gasteiger partial charge in [0.25, 0.3) is 0 Å². The van der Waals surface area contributed by atoms with Gasteiger partial charge >= 0.3 is 0 Å². The first-order valence-electron chi connectivity index (χ1n) is 6.87. The Morgan fingerprint density at radius 2 is 2.33 bits per heavy atom. The zero-order chi connectivity index (χ0) is 12.8. The van der Waals surface area contributed by atoms with E-state index in [2.05, 4.69) is 35.4 Å². The van der Waals surface area contributed by atoms with E-state index in [0.717, 1.165) is 45.9 Å². The molecular formula is C13H24N4O. The largest absolute Gasteiger partial charge is 0.374 e. The topological polar surface area (TPSA) is 42.3 Å². The van der Waals surface area contributed by atoms with Gasteiger partial charge in [0, 0.05) is 44.5 Å². The lowest BCUT2D eigenvalue weighted by Gasteiger charge is -2.32. The summed E-state index contributed by atoms with van der Waals surface area (Å²) < 4.78 is 7.70. The molecule has 0 radical (unpaired) electrons. The highest BCUT2D eigenvalue weighted by Gasteiger charge is 2.18. The van der Waals surface area contributed by atoms with Gasteiger partial charge in [0.05, 0.1) is 18.9 Å². The summed E-state index contributed by atoms with van der Waals surface area (Å²) >= 11 is 0. The number of aryl methyl sites for hydroxylation is 1. The van der Waals surface area contributed by atoms with Crippen molar-refractivity contribution in [2.45, 2.75) is 33.0 Å². The molecule has 1 aromatic heterocycles. The first-order chi connectivity index (χ1) is 8.81. The van der Waals surface area contributed by atoms with Gasteiger partial charge in [0.2, 0.25) is 0 Å². The second kappa shape index (κ2) is 6.87. The van der Waals surface area contributed by atoms with Crippen LogP contribution in [0.2, 0.25) is 0 Å². The molecule has 0 amide bonds. The van der Waals surface area contributed by atoms with Crippen molar-refractivity contribution in [1.29, 1.82) is 0 Å². The molecule has 5 heteroatoms. The Labute approximate surface area is 109 Å². The fourth-order valence-electron chi connectivity index (χ4n) is 2.24. The van der Waals surface area contributed by atoms with Crippen LogP contribution in [0.1, 0.15) is 19.4 Å². The molecule has 1 aliphatic rings. The van der Waals surface area contributed by atoms with Crippen molar-refractivity contribution in [2.75, 3.05) is 32.8 Å². The van der Waals surface area contributed by atoms with Crippen LogP contribution >= 0.6 is 0 Å². The van der Waals surface area contributed by atoms with Crippen LogP contribution in [0.4, 0.5) is 0 Å². The van der Waals surface area contributed by atoms with Crippen molar-refractivity contribution in [1.82, 2.24) is 20.0 Å². The van der Waals surface area contributed by atoms with Crippen molar-refractivity contribution in [3.8, 4) is 0 Å². The number of ether oxygens (including phenoxy) is 1. The Kier molecular flexibility index (Phi) is 5.16. The Morgan fingerprint density at radius 1 is 1.44 bits per heavy atom. The van der Waals surface area contributed by atoms with Gasteiger partial charge in [-0.2, -0.15) is 5.10 Å². The maximum Gasteiger partial charge on any atom is 0.0826 e. The molecule has 0 aliphatic carbocycles. The van der Waals surface area contributed by atoms with Crippen molar-refractivity contribution in [3.05, 3.63) is 18.0 Å². The first kappa shape index (κ1) is 13.5. The summed E-state index contributed by atoms with van der Waals surface area (Å²) in [5, 5.41) is 7.71. The van der Waals surface area contributed by atoms with E-state index in [0.29, 0.717) is 6.10 Å². The van der Waals surface area contributed by atoms with E-state index in [1.165, 1.54) is 5.56 Å². The maximum atomic E-state index is 5.75. The zero-order valence-electron chi connectivity index (χ0n) is 11.4. The summed E-state index contributed by atoms with van der Waals surface area (Å²) in [6.07, 6.45) is 4.34. The summed E-state index contributed by atoms with van der Waals surface area (Å²) in [6, 6.07) is 0. The van der Waals surface area contributed by atoms with E-state index in [-0.39, 0.29) is 0 Å². The smallest absolute Gasteiger partial charge is 0.0826 e. The second-order valence-electron chi connectivity index (χ2n) is 4.72. The van der Waals surface area contributed by atoms with Gasteiger partial charge in [-0.25, -0.2) is 0 Å². The lowest BCUT2D eigenvalue weighted by Crippen LogP contribution is -2.46. The maximum absolute atomic E-state index is 5.75. The predicted octanol–water partition coefficient (Wildman–Crippen LogP) is 0.713. The van der Waals surface area contributed by atoms with Crippen LogP contribution in [-0.2, 0) is 17.8 Å². The fraction of sp³-hybridized carbons (Fsp3) is 0.769. The summed E-state index contributed by atoms with van der Waals surface area (Å²) in [5.74, 6) is 0. The number of aromatic nitrogens is 2. The highest BCUT2D eigenvalue weighted by Crippen LogP contribution is 2.04. The van der Waals surface area contributed by atoms with Crippen molar-refractivity contribution in [2.24, 2.45) is 0 Å². The monoisotopic (exact) mass is 252 g/mol. The average molecular weight is 252 g/mol. The highest BCUT2D eigenvalue weighted by atomic mass is 16.5. The minimum Gasteiger partial charge on any atom is -0.374 e. The third-order valence-corrected chi connectivity index (χ3v) is 3.38. The van der Waals surface area contributed by atoms with Gasteiger partial charge < -0.3 is 10.1 Å². The normalized spacial score (nSPS) is 21.3. The molecule has 0 bridgehead atoms. The Hall–Kier alpha value is -0.910. The SMILES string of the molecule is CCN1CCOC(CNCc2cnn(CC)c2)C1. The number of rotatable bonds is 6. The van der Waals surface area contributed by atoms with Gasteiger partial charge in [-0.1, -0.05) is 6.92 Å². The number of hydrogen-bond donors (Lipinski definition) is 1. The molecule has 1 saturated heterocycles. The minimum atomic E-state index is 0.319. The van der Waals surface area contributed by atoms with Gasteiger partial charge in [-0.05, 0) is 13.5 Å². The molecule has 102 valence electrons. The van der Waals surface area contributed by atoms with E-state index in [1.54, 1.807) is 0 Å². The molecule has 18 heavy (non-hydrogen) atoms. The second-order valence-corrected chi connectivity index (χ2v) is 4.72.